The molecule has 184 valence electrons. The van der Waals surface area contributed by atoms with E-state index in [1.807, 2.05) is 24.3 Å². The van der Waals surface area contributed by atoms with Gasteiger partial charge in [-0.2, -0.15) is 4.80 Å². The molecule has 1 saturated carbocycles. The van der Waals surface area contributed by atoms with Crippen molar-refractivity contribution in [2.45, 2.75) is 57.8 Å². The van der Waals surface area contributed by atoms with Gasteiger partial charge in [-0.15, -0.1) is 10.2 Å². The van der Waals surface area contributed by atoms with Crippen LogP contribution in [0, 0.1) is 5.82 Å². The van der Waals surface area contributed by atoms with Gasteiger partial charge in [-0.1, -0.05) is 25.0 Å². The molecule has 0 spiro atoms. The molecule has 4 rings (SSSR count). The van der Waals surface area contributed by atoms with E-state index < -0.39 is 6.04 Å². The lowest BCUT2D eigenvalue weighted by molar-refractivity contribution is -0.141. The summed E-state index contributed by atoms with van der Waals surface area (Å²) >= 11 is 0. The predicted octanol–water partition coefficient (Wildman–Crippen LogP) is 2.96. The molecule has 9 nitrogen and oxygen atoms in total. The smallest absolute Gasteiger partial charge is 0.247 e. The number of carbonyl (C=O) groups excluding carboxylic acids is 2. The third kappa shape index (κ3) is 6.20. The molecule has 10 heteroatoms. The summed E-state index contributed by atoms with van der Waals surface area (Å²) in [6.45, 7) is 1.78. The number of tetrazole rings is 1. The number of aromatic nitrogens is 4. The monoisotopic (exact) mass is 480 g/mol. The van der Waals surface area contributed by atoms with E-state index in [0.29, 0.717) is 11.3 Å². The number of hydrogen-bond acceptors (Lipinski definition) is 6. The summed E-state index contributed by atoms with van der Waals surface area (Å²) in [6, 6.07) is 12.5. The van der Waals surface area contributed by atoms with Crippen molar-refractivity contribution in [3.05, 3.63) is 59.9 Å². The third-order valence-corrected chi connectivity index (χ3v) is 6.21. The first-order valence-electron chi connectivity index (χ1n) is 11.7. The van der Waals surface area contributed by atoms with Crippen molar-refractivity contribution in [1.82, 2.24) is 30.4 Å². The zero-order chi connectivity index (χ0) is 24.8. The maximum atomic E-state index is 13.4. The van der Waals surface area contributed by atoms with Crippen LogP contribution in [0.5, 0.6) is 5.75 Å². The van der Waals surface area contributed by atoms with Gasteiger partial charge in [0, 0.05) is 18.2 Å². The Morgan fingerprint density at radius 3 is 2.49 bits per heavy atom. The van der Waals surface area contributed by atoms with Crippen molar-refractivity contribution >= 4 is 11.8 Å². The van der Waals surface area contributed by atoms with Crippen LogP contribution < -0.4 is 10.1 Å². The topological polar surface area (TPSA) is 102 Å². The van der Waals surface area contributed by atoms with Gasteiger partial charge in [-0.3, -0.25) is 9.59 Å². The molecule has 1 heterocycles. The Labute approximate surface area is 203 Å². The molecule has 0 unspecified atom stereocenters. The van der Waals surface area contributed by atoms with Gasteiger partial charge in [0.2, 0.25) is 17.6 Å². The number of hydrogen-bond donors (Lipinski definition) is 1. The van der Waals surface area contributed by atoms with E-state index in [9.17, 15) is 14.0 Å². The lowest BCUT2D eigenvalue weighted by Crippen LogP contribution is -2.50. The van der Waals surface area contributed by atoms with E-state index in [1.165, 1.54) is 21.8 Å². The molecule has 0 radical (unpaired) electrons. The first-order valence-corrected chi connectivity index (χ1v) is 11.7. The minimum absolute atomic E-state index is 0.151. The zero-order valence-corrected chi connectivity index (χ0v) is 19.9. The number of amides is 2. The number of ether oxygens (including phenoxy) is 1. The average molecular weight is 481 g/mol. The summed E-state index contributed by atoms with van der Waals surface area (Å²) in [6.07, 6.45) is 4.12. The van der Waals surface area contributed by atoms with Gasteiger partial charge in [0.1, 0.15) is 24.2 Å². The van der Waals surface area contributed by atoms with Crippen molar-refractivity contribution in [1.29, 1.82) is 0 Å². The SMILES string of the molecule is COc1ccc(CN(C(=O)Cn2nnc(-c3ccc(F)cc3)n2)[C@@H](C)C(=O)NC2CCCC2)cc1. The Bertz CT molecular complexity index is 1140. The van der Waals surface area contributed by atoms with Crippen molar-refractivity contribution in [3.63, 3.8) is 0 Å². The van der Waals surface area contributed by atoms with Gasteiger partial charge in [0.05, 0.1) is 7.11 Å². The fourth-order valence-corrected chi connectivity index (χ4v) is 4.14. The predicted molar refractivity (Wildman–Crippen MR) is 127 cm³/mol. The first-order chi connectivity index (χ1) is 16.9. The number of halogens is 1. The van der Waals surface area contributed by atoms with E-state index in [-0.39, 0.29) is 42.6 Å². The lowest BCUT2D eigenvalue weighted by Gasteiger charge is -2.29. The highest BCUT2D eigenvalue weighted by Crippen LogP contribution is 2.19. The van der Waals surface area contributed by atoms with Gasteiger partial charge >= 0.3 is 0 Å². The molecule has 2 aromatic carbocycles. The van der Waals surface area contributed by atoms with Gasteiger partial charge in [-0.05, 0) is 66.9 Å². The van der Waals surface area contributed by atoms with Crippen LogP contribution >= 0.6 is 0 Å². The second-order valence-electron chi connectivity index (χ2n) is 8.69. The van der Waals surface area contributed by atoms with Crippen LogP contribution in [-0.2, 0) is 22.7 Å². The first kappa shape index (κ1) is 24.3. The van der Waals surface area contributed by atoms with Crippen LogP contribution in [0.25, 0.3) is 11.4 Å². The van der Waals surface area contributed by atoms with Gasteiger partial charge < -0.3 is 15.0 Å². The standard InChI is InChI=1S/C25H29FN6O3/c1-17(25(34)27-21-5-3-4-6-21)31(15-18-7-13-22(35-2)14-8-18)23(33)16-32-29-24(28-30-32)19-9-11-20(26)12-10-19/h7-14,17,21H,3-6,15-16H2,1-2H3,(H,27,34)/t17-/m0/s1. The normalized spacial score (nSPS) is 14.5. The molecule has 0 bridgehead atoms. The summed E-state index contributed by atoms with van der Waals surface area (Å²) in [5.74, 6) is 0.121. The van der Waals surface area contributed by atoms with Crippen molar-refractivity contribution in [2.75, 3.05) is 7.11 Å². The van der Waals surface area contributed by atoms with E-state index in [2.05, 4.69) is 20.7 Å². The van der Waals surface area contributed by atoms with E-state index in [0.717, 1.165) is 31.2 Å². The molecule has 1 atom stereocenters. The Kier molecular flexibility index (Phi) is 7.69. The second-order valence-corrected chi connectivity index (χ2v) is 8.69. The fourth-order valence-electron chi connectivity index (χ4n) is 4.14. The highest BCUT2D eigenvalue weighted by molar-refractivity contribution is 5.87. The average Bonchev–Trinajstić information content (AvgIpc) is 3.55. The van der Waals surface area contributed by atoms with Gasteiger partial charge in [-0.25, -0.2) is 4.39 Å². The summed E-state index contributed by atoms with van der Waals surface area (Å²) in [4.78, 5) is 29.1. The number of nitrogens with zero attached hydrogens (tertiary/aromatic N) is 5. The molecule has 1 aliphatic carbocycles. The molecular formula is C25H29FN6O3. The third-order valence-electron chi connectivity index (χ3n) is 6.21. The quantitative estimate of drug-likeness (QED) is 0.505. The Hall–Kier alpha value is -3.82. The molecule has 1 fully saturated rings. The number of methoxy groups -OCH3 is 1. The highest BCUT2D eigenvalue weighted by Gasteiger charge is 2.29. The number of benzene rings is 2. The van der Waals surface area contributed by atoms with Crippen LogP contribution in [0.1, 0.15) is 38.2 Å². The maximum Gasteiger partial charge on any atom is 0.247 e. The molecular weight excluding hydrogens is 451 g/mol. The van der Waals surface area contributed by atoms with Crippen LogP contribution in [0.3, 0.4) is 0 Å². The maximum absolute atomic E-state index is 13.4. The molecule has 0 saturated heterocycles. The lowest BCUT2D eigenvalue weighted by atomic mass is 10.1. The van der Waals surface area contributed by atoms with Crippen LogP contribution in [0.15, 0.2) is 48.5 Å². The Balaban J connectivity index is 1.50. The van der Waals surface area contributed by atoms with Gasteiger partial charge in [0.15, 0.2) is 0 Å². The van der Waals surface area contributed by atoms with Crippen LogP contribution in [0.2, 0.25) is 0 Å². The molecule has 1 aromatic heterocycles. The largest absolute Gasteiger partial charge is 0.497 e. The molecule has 1 aliphatic rings. The van der Waals surface area contributed by atoms with Gasteiger partial charge in [0.25, 0.3) is 0 Å². The van der Waals surface area contributed by atoms with Crippen molar-refractivity contribution in [2.24, 2.45) is 0 Å². The highest BCUT2D eigenvalue weighted by atomic mass is 19.1. The fraction of sp³-hybridized carbons (Fsp3) is 0.400. The summed E-state index contributed by atoms with van der Waals surface area (Å²) in [5, 5.41) is 15.3. The summed E-state index contributed by atoms with van der Waals surface area (Å²) in [5.41, 5.74) is 1.45. The second kappa shape index (κ2) is 11.1. The molecule has 2 amide bonds. The van der Waals surface area contributed by atoms with E-state index in [4.69, 9.17) is 4.74 Å². The Morgan fingerprint density at radius 2 is 1.83 bits per heavy atom. The van der Waals surface area contributed by atoms with Crippen LogP contribution in [-0.4, -0.2) is 56.1 Å². The molecule has 1 N–H and O–H groups in total. The number of nitrogens with one attached hydrogen (secondary N) is 1. The molecule has 3 aromatic rings. The summed E-state index contributed by atoms with van der Waals surface area (Å²) in [7, 11) is 1.59. The van der Waals surface area contributed by atoms with Crippen molar-refractivity contribution in [3.8, 4) is 17.1 Å². The number of carbonyl (C=O) groups is 2. The number of rotatable bonds is 9. The summed E-state index contributed by atoms with van der Waals surface area (Å²) < 4.78 is 18.4. The van der Waals surface area contributed by atoms with E-state index >= 15 is 0 Å². The zero-order valence-electron chi connectivity index (χ0n) is 19.9. The Morgan fingerprint density at radius 1 is 1.14 bits per heavy atom. The minimum Gasteiger partial charge on any atom is -0.497 e. The molecule has 35 heavy (non-hydrogen) atoms. The van der Waals surface area contributed by atoms with E-state index in [1.54, 1.807) is 26.2 Å². The molecule has 0 aliphatic heterocycles. The van der Waals surface area contributed by atoms with Crippen LogP contribution in [0.4, 0.5) is 4.39 Å². The minimum atomic E-state index is -0.690. The van der Waals surface area contributed by atoms with Crippen molar-refractivity contribution < 1.29 is 18.7 Å².